The summed E-state index contributed by atoms with van der Waals surface area (Å²) in [5, 5.41) is 17.7. The molecule has 0 amide bonds. The van der Waals surface area contributed by atoms with Crippen LogP contribution < -0.4 is 0 Å². The van der Waals surface area contributed by atoms with Crippen molar-refractivity contribution in [3.05, 3.63) is 16.4 Å². The van der Waals surface area contributed by atoms with Gasteiger partial charge in [0.2, 0.25) is 5.13 Å². The fraction of sp³-hybridized carbons (Fsp3) is 0.643. The van der Waals surface area contributed by atoms with E-state index in [2.05, 4.69) is 20.5 Å². The summed E-state index contributed by atoms with van der Waals surface area (Å²) in [5.74, 6) is 0.762. The molecule has 0 aliphatic heterocycles. The highest BCUT2D eigenvalue weighted by Crippen LogP contribution is 2.28. The smallest absolute Gasteiger partial charge is 0.234 e. The monoisotopic (exact) mass is 305 g/mol. The second-order valence-corrected chi connectivity index (χ2v) is 6.76. The van der Waals surface area contributed by atoms with Gasteiger partial charge in [0.25, 0.3) is 0 Å². The fourth-order valence-electron chi connectivity index (χ4n) is 2.98. The summed E-state index contributed by atoms with van der Waals surface area (Å²) in [4.78, 5) is 11.2. The van der Waals surface area contributed by atoms with Gasteiger partial charge in [-0.05, 0) is 25.7 Å². The SMILES string of the molecule is Cc1nnc(-n2nnc(C=O)c2CCC2CCCCC2)s1. The van der Waals surface area contributed by atoms with E-state index in [1.807, 2.05) is 6.92 Å². The summed E-state index contributed by atoms with van der Waals surface area (Å²) in [5.41, 5.74) is 1.30. The third kappa shape index (κ3) is 3.18. The highest BCUT2D eigenvalue weighted by atomic mass is 32.1. The first-order chi connectivity index (χ1) is 10.3. The summed E-state index contributed by atoms with van der Waals surface area (Å²) in [6, 6.07) is 0. The highest BCUT2D eigenvalue weighted by Gasteiger charge is 2.19. The molecule has 0 saturated heterocycles. The summed E-state index contributed by atoms with van der Waals surface area (Å²) >= 11 is 1.46. The van der Waals surface area contributed by atoms with Gasteiger partial charge in [-0.15, -0.1) is 15.3 Å². The molecule has 2 aromatic rings. The number of aldehydes is 1. The molecule has 0 N–H and O–H groups in total. The molecule has 0 aromatic carbocycles. The normalized spacial score (nSPS) is 16.2. The number of aryl methyl sites for hydroxylation is 1. The molecule has 1 aliphatic carbocycles. The molecule has 21 heavy (non-hydrogen) atoms. The fourth-order valence-corrected chi connectivity index (χ4v) is 3.64. The van der Waals surface area contributed by atoms with Crippen molar-refractivity contribution in [3.63, 3.8) is 0 Å². The van der Waals surface area contributed by atoms with Crippen molar-refractivity contribution in [3.8, 4) is 5.13 Å². The Hall–Kier alpha value is -1.63. The van der Waals surface area contributed by atoms with Gasteiger partial charge in [0.15, 0.2) is 6.29 Å². The zero-order valence-electron chi connectivity index (χ0n) is 12.2. The number of aromatic nitrogens is 5. The summed E-state index contributed by atoms with van der Waals surface area (Å²) < 4.78 is 1.68. The van der Waals surface area contributed by atoms with E-state index in [1.165, 1.54) is 43.4 Å². The van der Waals surface area contributed by atoms with Crippen LogP contribution in [-0.2, 0) is 6.42 Å². The lowest BCUT2D eigenvalue weighted by molar-refractivity contribution is 0.111. The van der Waals surface area contributed by atoms with Crippen molar-refractivity contribution in [2.24, 2.45) is 5.92 Å². The van der Waals surface area contributed by atoms with Gasteiger partial charge >= 0.3 is 0 Å². The third-order valence-electron chi connectivity index (χ3n) is 4.12. The molecule has 0 unspecified atom stereocenters. The van der Waals surface area contributed by atoms with Crippen molar-refractivity contribution in [2.75, 3.05) is 0 Å². The van der Waals surface area contributed by atoms with Gasteiger partial charge in [0, 0.05) is 0 Å². The maximum Gasteiger partial charge on any atom is 0.234 e. The minimum absolute atomic E-state index is 0.429. The molecule has 112 valence electrons. The Bertz CT molecular complexity index is 615. The molecule has 1 saturated carbocycles. The van der Waals surface area contributed by atoms with Crippen LogP contribution in [-0.4, -0.2) is 31.5 Å². The third-order valence-corrected chi connectivity index (χ3v) is 4.93. The molecule has 2 heterocycles. The van der Waals surface area contributed by atoms with E-state index < -0.39 is 0 Å². The topological polar surface area (TPSA) is 73.6 Å². The first kappa shape index (κ1) is 14.3. The molecule has 6 nitrogen and oxygen atoms in total. The summed E-state index contributed by atoms with van der Waals surface area (Å²) in [7, 11) is 0. The van der Waals surface area contributed by atoms with E-state index in [4.69, 9.17) is 0 Å². The zero-order valence-corrected chi connectivity index (χ0v) is 13.0. The van der Waals surface area contributed by atoms with E-state index >= 15 is 0 Å². The Morgan fingerprint density at radius 3 is 2.71 bits per heavy atom. The molecule has 1 aliphatic rings. The standard InChI is InChI=1S/C14H19N5OS/c1-10-15-17-14(21-10)19-13(12(9-20)16-18-19)8-7-11-5-3-2-4-6-11/h9,11H,2-8H2,1H3. The Kier molecular flexibility index (Phi) is 4.38. The van der Waals surface area contributed by atoms with Crippen LogP contribution in [0.5, 0.6) is 0 Å². The minimum atomic E-state index is 0.429. The lowest BCUT2D eigenvalue weighted by Gasteiger charge is -2.21. The van der Waals surface area contributed by atoms with Crippen LogP contribution in [0.2, 0.25) is 0 Å². The van der Waals surface area contributed by atoms with Crippen molar-refractivity contribution in [1.29, 1.82) is 0 Å². The van der Waals surface area contributed by atoms with Gasteiger partial charge in [0.1, 0.15) is 10.7 Å². The van der Waals surface area contributed by atoms with Crippen molar-refractivity contribution in [2.45, 2.75) is 51.9 Å². The predicted molar refractivity (Wildman–Crippen MR) is 79.8 cm³/mol. The summed E-state index contributed by atoms with van der Waals surface area (Å²) in [6.07, 6.45) is 9.33. The van der Waals surface area contributed by atoms with Crippen LogP contribution in [0.4, 0.5) is 0 Å². The van der Waals surface area contributed by atoms with Crippen LogP contribution in [0.15, 0.2) is 0 Å². The number of hydrogen-bond acceptors (Lipinski definition) is 6. The molecule has 1 fully saturated rings. The molecular weight excluding hydrogens is 286 g/mol. The van der Waals surface area contributed by atoms with Crippen LogP contribution in [0.1, 0.15) is 59.7 Å². The average Bonchev–Trinajstić information content (AvgIpc) is 3.11. The molecule has 0 radical (unpaired) electrons. The predicted octanol–water partition coefficient (Wildman–Crippen LogP) is 2.75. The maximum absolute atomic E-state index is 11.2. The average molecular weight is 305 g/mol. The van der Waals surface area contributed by atoms with Gasteiger partial charge in [0.05, 0.1) is 5.69 Å². The molecule has 0 atom stereocenters. The van der Waals surface area contributed by atoms with E-state index in [1.54, 1.807) is 4.68 Å². The second kappa shape index (κ2) is 6.43. The van der Waals surface area contributed by atoms with Crippen LogP contribution in [0.3, 0.4) is 0 Å². The number of hydrogen-bond donors (Lipinski definition) is 0. The van der Waals surface area contributed by atoms with E-state index in [9.17, 15) is 4.79 Å². The van der Waals surface area contributed by atoms with E-state index in [-0.39, 0.29) is 0 Å². The van der Waals surface area contributed by atoms with Crippen molar-refractivity contribution in [1.82, 2.24) is 25.2 Å². The van der Waals surface area contributed by atoms with Gasteiger partial charge in [-0.1, -0.05) is 48.7 Å². The van der Waals surface area contributed by atoms with Crippen LogP contribution in [0, 0.1) is 12.8 Å². The maximum atomic E-state index is 11.2. The number of nitrogens with zero attached hydrogens (tertiary/aromatic N) is 5. The number of rotatable bonds is 5. The largest absolute Gasteiger partial charge is 0.296 e. The van der Waals surface area contributed by atoms with Gasteiger partial charge in [-0.3, -0.25) is 4.79 Å². The number of carbonyl (C=O) groups is 1. The quantitative estimate of drug-likeness (QED) is 0.794. The molecule has 3 rings (SSSR count). The molecule has 7 heteroatoms. The first-order valence-electron chi connectivity index (χ1n) is 7.48. The van der Waals surface area contributed by atoms with Gasteiger partial charge < -0.3 is 0 Å². The lowest BCUT2D eigenvalue weighted by atomic mass is 9.85. The molecule has 2 aromatic heterocycles. The minimum Gasteiger partial charge on any atom is -0.296 e. The van der Waals surface area contributed by atoms with E-state index in [0.717, 1.165) is 35.7 Å². The molecule has 0 spiro atoms. The zero-order chi connectivity index (χ0) is 14.7. The second-order valence-electron chi connectivity index (χ2n) is 5.60. The Morgan fingerprint density at radius 1 is 1.24 bits per heavy atom. The van der Waals surface area contributed by atoms with E-state index in [0.29, 0.717) is 10.8 Å². The van der Waals surface area contributed by atoms with Gasteiger partial charge in [-0.2, -0.15) is 4.68 Å². The number of carbonyl (C=O) groups excluding carboxylic acids is 1. The van der Waals surface area contributed by atoms with Crippen LogP contribution >= 0.6 is 11.3 Å². The highest BCUT2D eigenvalue weighted by molar-refractivity contribution is 7.13. The van der Waals surface area contributed by atoms with Gasteiger partial charge in [-0.25, -0.2) is 0 Å². The van der Waals surface area contributed by atoms with Crippen molar-refractivity contribution < 1.29 is 4.79 Å². The Morgan fingerprint density at radius 2 is 2.05 bits per heavy atom. The lowest BCUT2D eigenvalue weighted by Crippen LogP contribution is -2.10. The Balaban J connectivity index is 1.79. The van der Waals surface area contributed by atoms with Crippen molar-refractivity contribution >= 4 is 17.6 Å². The Labute approximate surface area is 127 Å². The summed E-state index contributed by atoms with van der Waals surface area (Å²) in [6.45, 7) is 1.90. The molecule has 0 bridgehead atoms. The van der Waals surface area contributed by atoms with Crippen LogP contribution in [0.25, 0.3) is 5.13 Å². The molecular formula is C14H19N5OS. The first-order valence-corrected chi connectivity index (χ1v) is 8.30.